The molecule has 2 heterocycles. The summed E-state index contributed by atoms with van der Waals surface area (Å²) in [5.74, 6) is 0. The number of aliphatic hydroxyl groups excluding tert-OH is 1. The van der Waals surface area contributed by atoms with Crippen LogP contribution in [0.4, 0.5) is 0 Å². The molecule has 1 aliphatic rings. The number of aliphatic hydroxyl groups is 1. The van der Waals surface area contributed by atoms with Crippen LogP contribution in [0.5, 0.6) is 0 Å². The molecule has 1 aromatic heterocycles. The third-order valence-electron chi connectivity index (χ3n) is 7.39. The molecule has 0 spiro atoms. The molecule has 1 fully saturated rings. The van der Waals surface area contributed by atoms with Gasteiger partial charge in [-0.2, -0.15) is 8.42 Å². The van der Waals surface area contributed by atoms with Crippen molar-refractivity contribution < 1.29 is 31.9 Å². The van der Waals surface area contributed by atoms with E-state index in [9.17, 15) is 23.1 Å². The van der Waals surface area contributed by atoms with Gasteiger partial charge in [0.2, 0.25) is 0 Å². The van der Waals surface area contributed by atoms with E-state index in [-0.39, 0.29) is 30.3 Å². The van der Waals surface area contributed by atoms with Crippen LogP contribution in [0.15, 0.2) is 106 Å². The van der Waals surface area contributed by atoms with Crippen LogP contribution in [0.1, 0.15) is 28.5 Å². The number of hydrogen-bond donors (Lipinski definition) is 2. The molecule has 11 nitrogen and oxygen atoms in total. The Morgan fingerprint density at radius 3 is 2.14 bits per heavy atom. The minimum absolute atomic E-state index is 0.0311. The lowest BCUT2D eigenvalue weighted by atomic mass is 9.96. The standard InChI is InChI=1S/C32H34N2O9S/c1-22-13-15-26(16-14-22)44(38,39)42-21-32(20-40-18-24-9-5-3-6-10-24)28(41-19-25-11-7-4-8-12-25)27(35)30(43-32)34-17-23(2)29(36)33-31(34)37/h3-17,27-28,30,35H,18-21H2,1-2H3,(H,33,36,37)/t27-,28-,30+,32-/m0/s1. The Kier molecular flexibility index (Phi) is 9.59. The topological polar surface area (TPSA) is 146 Å². The molecular weight excluding hydrogens is 588 g/mol. The monoisotopic (exact) mass is 622 g/mol. The molecule has 1 saturated heterocycles. The number of nitrogens with zero attached hydrogens (tertiary/aromatic N) is 1. The van der Waals surface area contributed by atoms with Gasteiger partial charge in [0.25, 0.3) is 15.7 Å². The van der Waals surface area contributed by atoms with Crippen molar-refractivity contribution in [2.45, 2.75) is 56.0 Å². The maximum atomic E-state index is 13.3. The van der Waals surface area contributed by atoms with Gasteiger partial charge >= 0.3 is 5.69 Å². The van der Waals surface area contributed by atoms with E-state index in [0.29, 0.717) is 0 Å². The van der Waals surface area contributed by atoms with E-state index >= 15 is 0 Å². The third kappa shape index (κ3) is 7.07. The van der Waals surface area contributed by atoms with Crippen LogP contribution in [0.2, 0.25) is 0 Å². The van der Waals surface area contributed by atoms with Crippen molar-refractivity contribution in [1.29, 1.82) is 0 Å². The van der Waals surface area contributed by atoms with Gasteiger partial charge in [-0.05, 0) is 37.1 Å². The molecule has 0 aliphatic carbocycles. The number of benzene rings is 3. The second-order valence-electron chi connectivity index (χ2n) is 10.8. The Morgan fingerprint density at radius 1 is 0.886 bits per heavy atom. The minimum Gasteiger partial charge on any atom is -0.386 e. The van der Waals surface area contributed by atoms with E-state index in [1.54, 1.807) is 12.1 Å². The highest BCUT2D eigenvalue weighted by molar-refractivity contribution is 7.86. The van der Waals surface area contributed by atoms with Crippen molar-refractivity contribution in [3.63, 3.8) is 0 Å². The maximum absolute atomic E-state index is 13.3. The lowest BCUT2D eigenvalue weighted by Gasteiger charge is -2.33. The minimum atomic E-state index is -4.28. The summed E-state index contributed by atoms with van der Waals surface area (Å²) in [5, 5.41) is 11.6. The molecular formula is C32H34N2O9S. The summed E-state index contributed by atoms with van der Waals surface area (Å²) in [5.41, 5.74) is -0.405. The molecule has 232 valence electrons. The lowest BCUT2D eigenvalue weighted by molar-refractivity contribution is -0.171. The van der Waals surface area contributed by atoms with Crippen molar-refractivity contribution >= 4 is 10.1 Å². The van der Waals surface area contributed by atoms with Gasteiger partial charge in [0.15, 0.2) is 6.23 Å². The highest BCUT2D eigenvalue weighted by Gasteiger charge is 2.58. The van der Waals surface area contributed by atoms with E-state index in [4.69, 9.17) is 18.4 Å². The first-order valence-electron chi connectivity index (χ1n) is 14.0. The first-order valence-corrected chi connectivity index (χ1v) is 15.4. The van der Waals surface area contributed by atoms with E-state index in [1.807, 2.05) is 67.6 Å². The number of hydrogen-bond acceptors (Lipinski definition) is 9. The number of ether oxygens (including phenoxy) is 3. The first kappa shape index (κ1) is 31.5. The summed E-state index contributed by atoms with van der Waals surface area (Å²) in [4.78, 5) is 27.1. The van der Waals surface area contributed by atoms with Crippen molar-refractivity contribution in [2.24, 2.45) is 0 Å². The molecule has 0 radical (unpaired) electrons. The quantitative estimate of drug-likeness (QED) is 0.228. The average Bonchev–Trinajstić information content (AvgIpc) is 3.29. The molecule has 0 amide bonds. The van der Waals surface area contributed by atoms with Gasteiger partial charge in [-0.3, -0.25) is 18.5 Å². The summed E-state index contributed by atoms with van der Waals surface area (Å²) in [6.07, 6.45) is -2.82. The second-order valence-corrected chi connectivity index (χ2v) is 12.4. The number of nitrogens with one attached hydrogen (secondary N) is 1. The van der Waals surface area contributed by atoms with Crippen LogP contribution in [-0.2, 0) is 41.7 Å². The van der Waals surface area contributed by atoms with Gasteiger partial charge in [0, 0.05) is 11.8 Å². The van der Waals surface area contributed by atoms with Gasteiger partial charge in [0.05, 0.1) is 24.7 Å². The van der Waals surface area contributed by atoms with Crippen molar-refractivity contribution in [3.8, 4) is 0 Å². The van der Waals surface area contributed by atoms with Crippen LogP contribution in [-0.4, -0.2) is 54.1 Å². The average molecular weight is 623 g/mol. The van der Waals surface area contributed by atoms with E-state index in [0.717, 1.165) is 21.3 Å². The fourth-order valence-corrected chi connectivity index (χ4v) is 5.95. The molecule has 12 heteroatoms. The van der Waals surface area contributed by atoms with E-state index < -0.39 is 52.0 Å². The Labute approximate surface area is 254 Å². The molecule has 2 N–H and O–H groups in total. The van der Waals surface area contributed by atoms with Crippen molar-refractivity contribution in [1.82, 2.24) is 9.55 Å². The zero-order valence-electron chi connectivity index (χ0n) is 24.3. The number of aryl methyl sites for hydroxylation is 2. The number of aromatic nitrogens is 2. The largest absolute Gasteiger partial charge is 0.386 e. The number of rotatable bonds is 12. The molecule has 5 rings (SSSR count). The third-order valence-corrected chi connectivity index (χ3v) is 8.67. The molecule has 1 aliphatic heterocycles. The van der Waals surface area contributed by atoms with Gasteiger partial charge in [-0.25, -0.2) is 4.79 Å². The second kappa shape index (κ2) is 13.4. The van der Waals surface area contributed by atoms with Crippen LogP contribution in [0.25, 0.3) is 0 Å². The van der Waals surface area contributed by atoms with Crippen LogP contribution < -0.4 is 11.2 Å². The molecule has 4 aromatic rings. The first-order chi connectivity index (χ1) is 21.1. The number of H-pyrrole nitrogens is 1. The van der Waals surface area contributed by atoms with E-state index in [2.05, 4.69) is 4.98 Å². The predicted molar refractivity (Wildman–Crippen MR) is 160 cm³/mol. The van der Waals surface area contributed by atoms with Gasteiger partial charge in [0.1, 0.15) is 24.4 Å². The summed E-state index contributed by atoms with van der Waals surface area (Å²) in [6, 6.07) is 24.7. The summed E-state index contributed by atoms with van der Waals surface area (Å²) in [7, 11) is -4.28. The van der Waals surface area contributed by atoms with Gasteiger partial charge in [-0.1, -0.05) is 78.4 Å². The van der Waals surface area contributed by atoms with Crippen LogP contribution >= 0.6 is 0 Å². The molecule has 0 bridgehead atoms. The summed E-state index contributed by atoms with van der Waals surface area (Å²) >= 11 is 0. The Balaban J connectivity index is 1.52. The van der Waals surface area contributed by atoms with Crippen molar-refractivity contribution in [3.05, 3.63) is 134 Å². The normalized spacial score (nSPS) is 21.8. The maximum Gasteiger partial charge on any atom is 0.330 e. The van der Waals surface area contributed by atoms with E-state index in [1.165, 1.54) is 25.3 Å². The lowest BCUT2D eigenvalue weighted by Crippen LogP contribution is -2.52. The molecule has 0 saturated carbocycles. The Morgan fingerprint density at radius 2 is 1.50 bits per heavy atom. The fourth-order valence-electron chi connectivity index (χ4n) is 4.99. The predicted octanol–water partition coefficient (Wildman–Crippen LogP) is 2.99. The van der Waals surface area contributed by atoms with Crippen molar-refractivity contribution in [2.75, 3.05) is 13.2 Å². The fraction of sp³-hybridized carbons (Fsp3) is 0.312. The molecule has 4 atom stereocenters. The zero-order chi connectivity index (χ0) is 31.3. The smallest absolute Gasteiger partial charge is 0.330 e. The Hall–Kier alpha value is -3.91. The molecule has 0 unspecified atom stereocenters. The summed E-state index contributed by atoms with van der Waals surface area (Å²) < 4.78 is 51.8. The Bertz CT molecular complexity index is 1770. The summed E-state index contributed by atoms with van der Waals surface area (Å²) in [6.45, 7) is 2.63. The zero-order valence-corrected chi connectivity index (χ0v) is 25.1. The SMILES string of the molecule is Cc1ccc(S(=O)(=O)OC[C@]2(COCc3ccccc3)O[C@@H](n3cc(C)c(=O)[nH]c3=O)[C@@H](O)[C@@H]2OCc2ccccc2)cc1. The molecule has 44 heavy (non-hydrogen) atoms. The van der Waals surface area contributed by atoms with Crippen LogP contribution in [0, 0.1) is 13.8 Å². The number of aromatic amines is 1. The van der Waals surface area contributed by atoms with Crippen LogP contribution in [0.3, 0.4) is 0 Å². The van der Waals surface area contributed by atoms with Gasteiger partial charge in [-0.15, -0.1) is 0 Å². The van der Waals surface area contributed by atoms with Gasteiger partial charge < -0.3 is 19.3 Å². The highest BCUT2D eigenvalue weighted by atomic mass is 32.2. The molecule has 3 aromatic carbocycles. The highest BCUT2D eigenvalue weighted by Crippen LogP contribution is 2.40.